The molecule has 1 aliphatic heterocycles. The summed E-state index contributed by atoms with van der Waals surface area (Å²) in [5.41, 5.74) is 3.80. The number of nitrogens with zero attached hydrogens (tertiary/aromatic N) is 6. The Bertz CT molecular complexity index is 1170. The summed E-state index contributed by atoms with van der Waals surface area (Å²) in [6.07, 6.45) is 3.42. The maximum absolute atomic E-state index is 5.26. The summed E-state index contributed by atoms with van der Waals surface area (Å²) in [4.78, 5) is 18.4. The Morgan fingerprint density at radius 3 is 1.87 bits per heavy atom. The highest BCUT2D eigenvalue weighted by Gasteiger charge is 2.22. The highest BCUT2D eigenvalue weighted by atomic mass is 16.5. The van der Waals surface area contributed by atoms with Gasteiger partial charge in [-0.1, -0.05) is 0 Å². The molecule has 8 nitrogen and oxygen atoms in total. The maximum atomic E-state index is 5.26. The summed E-state index contributed by atoms with van der Waals surface area (Å²) in [6, 6.07) is 16.1. The molecule has 1 aliphatic rings. The van der Waals surface area contributed by atoms with Crippen LogP contribution in [0.15, 0.2) is 61.2 Å². The van der Waals surface area contributed by atoms with E-state index in [2.05, 4.69) is 36.9 Å². The molecule has 2 aromatic carbocycles. The number of benzene rings is 2. The van der Waals surface area contributed by atoms with Gasteiger partial charge >= 0.3 is 0 Å². The highest BCUT2D eigenvalue weighted by molar-refractivity contribution is 5.84. The summed E-state index contributed by atoms with van der Waals surface area (Å²) in [6.45, 7) is 3.56. The van der Waals surface area contributed by atoms with Crippen LogP contribution in [-0.2, 0) is 0 Å². The van der Waals surface area contributed by atoms with Crippen LogP contribution in [0.25, 0.3) is 16.9 Å². The van der Waals surface area contributed by atoms with Crippen molar-refractivity contribution in [3.63, 3.8) is 0 Å². The Morgan fingerprint density at radius 2 is 1.26 bits per heavy atom. The van der Waals surface area contributed by atoms with Gasteiger partial charge < -0.3 is 19.3 Å². The van der Waals surface area contributed by atoms with E-state index in [1.54, 1.807) is 26.9 Å². The third-order valence-electron chi connectivity index (χ3n) is 5.68. The lowest BCUT2D eigenvalue weighted by Gasteiger charge is -2.36. The number of aromatic nitrogens is 4. The van der Waals surface area contributed by atoms with Crippen LogP contribution in [-0.4, -0.2) is 59.9 Å². The molecule has 31 heavy (non-hydrogen) atoms. The van der Waals surface area contributed by atoms with E-state index in [-0.39, 0.29) is 0 Å². The van der Waals surface area contributed by atoms with Gasteiger partial charge in [0, 0.05) is 37.6 Å². The van der Waals surface area contributed by atoms with Gasteiger partial charge in [-0.2, -0.15) is 0 Å². The summed E-state index contributed by atoms with van der Waals surface area (Å²) in [5, 5.41) is 0. The third kappa shape index (κ3) is 3.61. The van der Waals surface area contributed by atoms with E-state index >= 15 is 0 Å². The Hall–Kier alpha value is -3.81. The lowest BCUT2D eigenvalue weighted by molar-refractivity contribution is 0.414. The molecular weight excluding hydrogens is 392 g/mol. The molecule has 0 amide bonds. The first kappa shape index (κ1) is 19.2. The number of methoxy groups -OCH3 is 2. The van der Waals surface area contributed by atoms with E-state index in [1.165, 1.54) is 5.69 Å². The number of rotatable bonds is 5. The van der Waals surface area contributed by atoms with E-state index in [0.717, 1.165) is 60.3 Å². The van der Waals surface area contributed by atoms with Crippen molar-refractivity contribution in [3.8, 4) is 17.2 Å². The number of anilines is 2. The van der Waals surface area contributed by atoms with Crippen molar-refractivity contribution >= 4 is 22.7 Å². The third-order valence-corrected chi connectivity index (χ3v) is 5.68. The largest absolute Gasteiger partial charge is 0.497 e. The minimum atomic E-state index is 0.799. The fourth-order valence-corrected chi connectivity index (χ4v) is 3.96. The fourth-order valence-electron chi connectivity index (χ4n) is 3.96. The van der Waals surface area contributed by atoms with Crippen LogP contribution >= 0.6 is 0 Å². The second kappa shape index (κ2) is 8.14. The summed E-state index contributed by atoms with van der Waals surface area (Å²) >= 11 is 0. The summed E-state index contributed by atoms with van der Waals surface area (Å²) < 4.78 is 12.5. The van der Waals surface area contributed by atoms with Crippen molar-refractivity contribution in [3.05, 3.63) is 61.2 Å². The van der Waals surface area contributed by atoms with Crippen LogP contribution < -0.4 is 19.3 Å². The Kier molecular flexibility index (Phi) is 5.03. The molecule has 3 heterocycles. The molecule has 0 aliphatic carbocycles. The number of hydrogen-bond acceptors (Lipinski definition) is 7. The van der Waals surface area contributed by atoms with Crippen LogP contribution in [0, 0.1) is 0 Å². The van der Waals surface area contributed by atoms with Crippen molar-refractivity contribution in [2.24, 2.45) is 0 Å². The van der Waals surface area contributed by atoms with E-state index < -0.39 is 0 Å². The first-order valence-electron chi connectivity index (χ1n) is 10.2. The minimum absolute atomic E-state index is 0.799. The molecule has 0 N–H and O–H groups in total. The number of ether oxygens (including phenoxy) is 2. The van der Waals surface area contributed by atoms with E-state index in [0.29, 0.717) is 0 Å². The van der Waals surface area contributed by atoms with Gasteiger partial charge in [-0.05, 0) is 48.5 Å². The van der Waals surface area contributed by atoms with Crippen LogP contribution in [0.3, 0.4) is 0 Å². The van der Waals surface area contributed by atoms with E-state index in [4.69, 9.17) is 9.47 Å². The summed E-state index contributed by atoms with van der Waals surface area (Å²) in [5.74, 6) is 2.57. The molecule has 0 unspecified atom stereocenters. The standard InChI is InChI=1S/C23H24N6O2/c1-30-19-7-3-17(4-8-19)27-11-13-28(14-12-27)22-21-23(25-15-24-22)29(16-26-21)18-5-9-20(31-2)10-6-18/h3-10,15-16H,11-14H2,1-2H3. The zero-order chi connectivity index (χ0) is 21.2. The van der Waals surface area contributed by atoms with E-state index in [9.17, 15) is 0 Å². The average molecular weight is 416 g/mol. The van der Waals surface area contributed by atoms with Gasteiger partial charge in [0.15, 0.2) is 17.0 Å². The zero-order valence-corrected chi connectivity index (χ0v) is 17.6. The quantitative estimate of drug-likeness (QED) is 0.495. The molecule has 0 bridgehead atoms. The molecule has 0 radical (unpaired) electrons. The number of piperazine rings is 1. The van der Waals surface area contributed by atoms with Gasteiger partial charge in [-0.15, -0.1) is 0 Å². The maximum Gasteiger partial charge on any atom is 0.170 e. The molecule has 2 aromatic heterocycles. The Labute approximate surface area is 180 Å². The van der Waals surface area contributed by atoms with Crippen molar-refractivity contribution < 1.29 is 9.47 Å². The topological polar surface area (TPSA) is 68.5 Å². The second-order valence-electron chi connectivity index (χ2n) is 7.35. The molecule has 0 atom stereocenters. The van der Waals surface area contributed by atoms with Gasteiger partial charge in [0.05, 0.1) is 14.2 Å². The second-order valence-corrected chi connectivity index (χ2v) is 7.35. The number of fused-ring (bicyclic) bond motifs is 1. The molecule has 1 saturated heterocycles. The monoisotopic (exact) mass is 416 g/mol. The molecule has 0 spiro atoms. The van der Waals surface area contributed by atoms with Crippen LogP contribution in [0.2, 0.25) is 0 Å². The summed E-state index contributed by atoms with van der Waals surface area (Å²) in [7, 11) is 3.35. The van der Waals surface area contributed by atoms with Crippen LogP contribution in [0.4, 0.5) is 11.5 Å². The first-order chi connectivity index (χ1) is 15.3. The van der Waals surface area contributed by atoms with Gasteiger partial charge in [0.2, 0.25) is 0 Å². The molecule has 8 heteroatoms. The van der Waals surface area contributed by atoms with Crippen LogP contribution in [0.5, 0.6) is 11.5 Å². The molecule has 5 rings (SSSR count). The molecule has 1 fully saturated rings. The van der Waals surface area contributed by atoms with Gasteiger partial charge in [-0.3, -0.25) is 4.57 Å². The van der Waals surface area contributed by atoms with E-state index in [1.807, 2.05) is 41.0 Å². The van der Waals surface area contributed by atoms with Crippen molar-refractivity contribution in [2.45, 2.75) is 0 Å². The van der Waals surface area contributed by atoms with Gasteiger partial charge in [0.1, 0.15) is 24.2 Å². The van der Waals surface area contributed by atoms with Crippen molar-refractivity contribution in [1.29, 1.82) is 0 Å². The lowest BCUT2D eigenvalue weighted by atomic mass is 10.2. The normalized spacial score (nSPS) is 14.1. The Balaban J connectivity index is 1.36. The predicted octanol–water partition coefficient (Wildman–Crippen LogP) is 3.16. The average Bonchev–Trinajstić information content (AvgIpc) is 3.29. The zero-order valence-electron chi connectivity index (χ0n) is 17.6. The Morgan fingerprint density at radius 1 is 0.677 bits per heavy atom. The minimum Gasteiger partial charge on any atom is -0.497 e. The predicted molar refractivity (Wildman–Crippen MR) is 121 cm³/mol. The lowest BCUT2D eigenvalue weighted by Crippen LogP contribution is -2.46. The first-order valence-corrected chi connectivity index (χ1v) is 10.2. The van der Waals surface area contributed by atoms with Gasteiger partial charge in [0.25, 0.3) is 0 Å². The molecule has 158 valence electrons. The fraction of sp³-hybridized carbons (Fsp3) is 0.261. The van der Waals surface area contributed by atoms with Crippen molar-refractivity contribution in [1.82, 2.24) is 19.5 Å². The molecular formula is C23H24N6O2. The van der Waals surface area contributed by atoms with Crippen LogP contribution in [0.1, 0.15) is 0 Å². The SMILES string of the molecule is COc1ccc(N2CCN(c3ncnc4c3ncn4-c3ccc(OC)cc3)CC2)cc1. The molecule has 4 aromatic rings. The van der Waals surface area contributed by atoms with Crippen molar-refractivity contribution in [2.75, 3.05) is 50.2 Å². The smallest absolute Gasteiger partial charge is 0.170 e. The molecule has 0 saturated carbocycles. The number of imidazole rings is 1. The van der Waals surface area contributed by atoms with Gasteiger partial charge in [-0.25, -0.2) is 15.0 Å². The number of hydrogen-bond donors (Lipinski definition) is 0. The highest BCUT2D eigenvalue weighted by Crippen LogP contribution is 2.27.